The summed E-state index contributed by atoms with van der Waals surface area (Å²) in [5, 5.41) is 19.5. The van der Waals surface area contributed by atoms with E-state index in [0.29, 0.717) is 10.0 Å². The maximum absolute atomic E-state index is 11.0. The van der Waals surface area contributed by atoms with Gasteiger partial charge in [0.15, 0.2) is 0 Å². The molecule has 0 radical (unpaired) electrons. The van der Waals surface area contributed by atoms with Crippen LogP contribution in [0.5, 0.6) is 5.88 Å². The van der Waals surface area contributed by atoms with Crippen molar-refractivity contribution < 1.29 is 14.6 Å². The van der Waals surface area contributed by atoms with Crippen molar-refractivity contribution in [2.45, 2.75) is 18.9 Å². The summed E-state index contributed by atoms with van der Waals surface area (Å²) in [7, 11) is 0. The van der Waals surface area contributed by atoms with E-state index < -0.39 is 5.97 Å². The molecule has 9 heteroatoms. The zero-order valence-electron chi connectivity index (χ0n) is 12.0. The zero-order valence-corrected chi connectivity index (χ0v) is 13.5. The molecule has 1 aliphatic rings. The van der Waals surface area contributed by atoms with E-state index in [1.165, 1.54) is 0 Å². The van der Waals surface area contributed by atoms with Crippen LogP contribution in [0.3, 0.4) is 0 Å². The van der Waals surface area contributed by atoms with Crippen molar-refractivity contribution in [3.63, 3.8) is 0 Å². The van der Waals surface area contributed by atoms with Crippen LogP contribution in [0.25, 0.3) is 0 Å². The van der Waals surface area contributed by atoms with Gasteiger partial charge in [-0.15, -0.1) is 0 Å². The molecule has 0 aliphatic carbocycles. The van der Waals surface area contributed by atoms with Gasteiger partial charge in [0.05, 0.1) is 10.0 Å². The lowest BCUT2D eigenvalue weighted by molar-refractivity contribution is 0.0680. The first-order valence-corrected chi connectivity index (χ1v) is 7.81. The third kappa shape index (κ3) is 3.51. The quantitative estimate of drug-likeness (QED) is 0.874. The minimum atomic E-state index is -1.14. The number of hydrogen-bond donors (Lipinski definition) is 2. The number of aromatic amines is 1. The number of H-pyrrole nitrogens is 1. The van der Waals surface area contributed by atoms with E-state index in [0.717, 1.165) is 31.6 Å². The Labute approximate surface area is 142 Å². The molecule has 1 aromatic heterocycles. The van der Waals surface area contributed by atoms with Crippen molar-refractivity contribution in [3.05, 3.63) is 33.9 Å². The first-order valence-electron chi connectivity index (χ1n) is 7.05. The summed E-state index contributed by atoms with van der Waals surface area (Å²) in [5.41, 5.74) is 0.877. The summed E-state index contributed by atoms with van der Waals surface area (Å²) in [4.78, 5) is 13.2. The third-order valence-corrected chi connectivity index (χ3v) is 4.46. The molecule has 3 rings (SSSR count). The van der Waals surface area contributed by atoms with Crippen LogP contribution in [0, 0.1) is 0 Å². The van der Waals surface area contributed by atoms with Gasteiger partial charge in [-0.25, -0.2) is 9.89 Å². The predicted molar refractivity (Wildman–Crippen MR) is 85.7 cm³/mol. The Bertz CT molecular complexity index is 714. The SMILES string of the molecule is O=C(O)c1[nH]nnc1OC1CCN(c2ccc(Cl)c(Cl)c2)CC1. The normalized spacial score (nSPS) is 15.7. The highest BCUT2D eigenvalue weighted by molar-refractivity contribution is 6.42. The average Bonchev–Trinajstić information content (AvgIpc) is 2.99. The van der Waals surface area contributed by atoms with Gasteiger partial charge in [0.25, 0.3) is 5.88 Å². The summed E-state index contributed by atoms with van der Waals surface area (Å²) < 4.78 is 5.66. The molecule has 1 saturated heterocycles. The highest BCUT2D eigenvalue weighted by Crippen LogP contribution is 2.29. The van der Waals surface area contributed by atoms with Crippen LogP contribution in [-0.4, -0.2) is 45.7 Å². The van der Waals surface area contributed by atoms with Gasteiger partial charge in [-0.05, 0) is 18.2 Å². The molecule has 0 spiro atoms. The molecule has 0 atom stereocenters. The molecule has 0 amide bonds. The number of ether oxygens (including phenoxy) is 1. The second kappa shape index (κ2) is 6.64. The van der Waals surface area contributed by atoms with Crippen LogP contribution in [0.2, 0.25) is 10.0 Å². The molecular weight excluding hydrogens is 343 g/mol. The lowest BCUT2D eigenvalue weighted by atomic mass is 10.1. The lowest BCUT2D eigenvalue weighted by Gasteiger charge is -2.33. The number of piperidine rings is 1. The van der Waals surface area contributed by atoms with Gasteiger partial charge < -0.3 is 14.7 Å². The Morgan fingerprint density at radius 3 is 2.70 bits per heavy atom. The van der Waals surface area contributed by atoms with Gasteiger partial charge in [-0.2, -0.15) is 0 Å². The Balaban J connectivity index is 1.61. The van der Waals surface area contributed by atoms with Gasteiger partial charge in [-0.1, -0.05) is 33.5 Å². The molecule has 1 aliphatic heterocycles. The first kappa shape index (κ1) is 15.9. The van der Waals surface area contributed by atoms with E-state index in [4.69, 9.17) is 33.0 Å². The second-order valence-electron chi connectivity index (χ2n) is 5.20. The molecule has 0 unspecified atom stereocenters. The molecule has 2 N–H and O–H groups in total. The largest absolute Gasteiger partial charge is 0.476 e. The third-order valence-electron chi connectivity index (χ3n) is 3.72. The Morgan fingerprint density at radius 1 is 1.30 bits per heavy atom. The van der Waals surface area contributed by atoms with Crippen LogP contribution < -0.4 is 9.64 Å². The molecular formula is C14H14Cl2N4O3. The number of carbonyl (C=O) groups is 1. The molecule has 2 aromatic rings. The van der Waals surface area contributed by atoms with Crippen molar-refractivity contribution in [2.75, 3.05) is 18.0 Å². The number of benzene rings is 1. The number of carboxylic acids is 1. The fraction of sp³-hybridized carbons (Fsp3) is 0.357. The van der Waals surface area contributed by atoms with E-state index in [9.17, 15) is 4.79 Å². The van der Waals surface area contributed by atoms with E-state index >= 15 is 0 Å². The number of nitrogens with zero attached hydrogens (tertiary/aromatic N) is 3. The summed E-state index contributed by atoms with van der Waals surface area (Å²) in [6.07, 6.45) is 1.38. The van der Waals surface area contributed by atoms with Crippen LogP contribution in [0.4, 0.5) is 5.69 Å². The number of carboxylic acid groups (broad SMARTS) is 1. The number of hydrogen-bond acceptors (Lipinski definition) is 5. The fourth-order valence-corrected chi connectivity index (χ4v) is 2.80. The van der Waals surface area contributed by atoms with E-state index in [1.807, 2.05) is 12.1 Å². The highest BCUT2D eigenvalue weighted by atomic mass is 35.5. The number of nitrogens with one attached hydrogen (secondary N) is 1. The zero-order chi connectivity index (χ0) is 16.4. The molecule has 1 fully saturated rings. The Hall–Kier alpha value is -1.99. The Morgan fingerprint density at radius 2 is 2.04 bits per heavy atom. The van der Waals surface area contributed by atoms with Crippen LogP contribution in [0.15, 0.2) is 18.2 Å². The number of aromatic nitrogens is 3. The minimum absolute atomic E-state index is 0.0329. The maximum Gasteiger partial charge on any atom is 0.359 e. The average molecular weight is 357 g/mol. The van der Waals surface area contributed by atoms with Crippen molar-refractivity contribution in [1.82, 2.24) is 15.4 Å². The Kier molecular flexibility index (Phi) is 4.58. The molecule has 0 saturated carbocycles. The number of halogens is 2. The van der Waals surface area contributed by atoms with Crippen molar-refractivity contribution >= 4 is 34.9 Å². The van der Waals surface area contributed by atoms with Crippen molar-refractivity contribution in [1.29, 1.82) is 0 Å². The molecule has 23 heavy (non-hydrogen) atoms. The van der Waals surface area contributed by atoms with Crippen molar-refractivity contribution in [3.8, 4) is 5.88 Å². The number of anilines is 1. The van der Waals surface area contributed by atoms with Gasteiger partial charge in [0, 0.05) is 31.6 Å². The second-order valence-corrected chi connectivity index (χ2v) is 6.01. The smallest absolute Gasteiger partial charge is 0.359 e. The van der Waals surface area contributed by atoms with Gasteiger partial charge >= 0.3 is 5.97 Å². The van der Waals surface area contributed by atoms with E-state index in [-0.39, 0.29) is 17.7 Å². The summed E-state index contributed by atoms with van der Waals surface area (Å²) in [6, 6.07) is 5.54. The topological polar surface area (TPSA) is 91.3 Å². The first-order chi connectivity index (χ1) is 11.0. The van der Waals surface area contributed by atoms with Gasteiger partial charge in [0.1, 0.15) is 6.10 Å². The molecule has 0 bridgehead atoms. The predicted octanol–water partition coefficient (Wildman–Crippen LogP) is 2.86. The van der Waals surface area contributed by atoms with Crippen LogP contribution >= 0.6 is 23.2 Å². The van der Waals surface area contributed by atoms with Crippen molar-refractivity contribution in [2.24, 2.45) is 0 Å². The van der Waals surface area contributed by atoms with E-state index in [1.54, 1.807) is 6.07 Å². The van der Waals surface area contributed by atoms with Gasteiger partial charge in [-0.3, -0.25) is 0 Å². The lowest BCUT2D eigenvalue weighted by Crippen LogP contribution is -2.38. The maximum atomic E-state index is 11.0. The standard InChI is InChI=1S/C14H14Cl2N4O3/c15-10-2-1-8(7-11(10)16)20-5-3-9(4-6-20)23-13-12(14(21)22)17-19-18-13/h1-2,7,9H,3-6H2,(H,21,22)(H,17,18,19). The summed E-state index contributed by atoms with van der Waals surface area (Å²) >= 11 is 12.0. The summed E-state index contributed by atoms with van der Waals surface area (Å²) in [5.74, 6) is -1.11. The molecule has 7 nitrogen and oxygen atoms in total. The molecule has 2 heterocycles. The molecule has 1 aromatic carbocycles. The highest BCUT2D eigenvalue weighted by Gasteiger charge is 2.24. The number of rotatable bonds is 4. The number of aromatic carboxylic acids is 1. The molecule has 122 valence electrons. The monoisotopic (exact) mass is 356 g/mol. The van der Waals surface area contributed by atoms with Gasteiger partial charge in [0.2, 0.25) is 5.69 Å². The summed E-state index contributed by atoms with van der Waals surface area (Å²) in [6.45, 7) is 1.53. The van der Waals surface area contributed by atoms with E-state index in [2.05, 4.69) is 20.3 Å². The van der Waals surface area contributed by atoms with Crippen LogP contribution in [0.1, 0.15) is 23.3 Å². The fourth-order valence-electron chi connectivity index (χ4n) is 2.51. The minimum Gasteiger partial charge on any atom is -0.476 e. The van der Waals surface area contributed by atoms with Crippen LogP contribution in [-0.2, 0) is 0 Å².